The number of carbonyl (C=O) groups excluding carboxylic acids is 1. The second-order valence-electron chi connectivity index (χ2n) is 2.60. The zero-order chi connectivity index (χ0) is 10.8. The summed E-state index contributed by atoms with van der Waals surface area (Å²) in [5.74, 6) is -6.51. The number of halogens is 4. The summed E-state index contributed by atoms with van der Waals surface area (Å²) in [6.07, 6.45) is -3.64. The highest BCUT2D eigenvalue weighted by Crippen LogP contribution is 2.25. The molecular weight excluding hydrogens is 204 g/mol. The van der Waals surface area contributed by atoms with Crippen LogP contribution in [0.2, 0.25) is 0 Å². The highest BCUT2D eigenvalue weighted by molar-refractivity contribution is 5.87. The van der Waals surface area contributed by atoms with Gasteiger partial charge in [-0.2, -0.15) is 8.78 Å². The number of furan rings is 1. The number of hydrogen-bond acceptors (Lipinski definition) is 2. The molecule has 6 heteroatoms. The zero-order valence-corrected chi connectivity index (χ0v) is 6.84. The van der Waals surface area contributed by atoms with Crippen LogP contribution in [0.1, 0.15) is 5.76 Å². The maximum atomic E-state index is 12.4. The summed E-state index contributed by atoms with van der Waals surface area (Å²) < 4.78 is 52.7. The third kappa shape index (κ3) is 2.12. The smallest absolute Gasteiger partial charge is 0.364 e. The highest BCUT2D eigenvalue weighted by atomic mass is 19.3. The van der Waals surface area contributed by atoms with Crippen molar-refractivity contribution in [1.29, 1.82) is 0 Å². The van der Waals surface area contributed by atoms with Crippen LogP contribution in [0.5, 0.6) is 0 Å². The molecule has 0 fully saturated rings. The lowest BCUT2D eigenvalue weighted by molar-refractivity contribution is -0.166. The first-order chi connectivity index (χ1) is 6.44. The van der Waals surface area contributed by atoms with Gasteiger partial charge in [-0.25, -0.2) is 8.78 Å². The fraction of sp³-hybridized carbons (Fsp3) is 0.375. The van der Waals surface area contributed by atoms with Crippen LogP contribution in [0.3, 0.4) is 0 Å². The number of hydrogen-bond donors (Lipinski definition) is 0. The summed E-state index contributed by atoms with van der Waals surface area (Å²) in [5.41, 5.74) is 0. The van der Waals surface area contributed by atoms with Gasteiger partial charge in [0.2, 0.25) is 5.78 Å². The van der Waals surface area contributed by atoms with E-state index in [-0.39, 0.29) is 5.76 Å². The van der Waals surface area contributed by atoms with Crippen molar-refractivity contribution < 1.29 is 26.8 Å². The van der Waals surface area contributed by atoms with Gasteiger partial charge in [-0.15, -0.1) is 0 Å². The molecule has 2 nitrogen and oxygen atoms in total. The Labute approximate surface area is 76.5 Å². The van der Waals surface area contributed by atoms with Crippen molar-refractivity contribution in [2.75, 3.05) is 0 Å². The Hall–Kier alpha value is -1.33. The van der Waals surface area contributed by atoms with Gasteiger partial charge in [0.05, 0.1) is 12.7 Å². The van der Waals surface area contributed by atoms with Crippen LogP contribution < -0.4 is 0 Å². The van der Waals surface area contributed by atoms with Gasteiger partial charge >= 0.3 is 12.3 Å². The molecule has 0 amide bonds. The molecule has 0 aliphatic rings. The lowest BCUT2D eigenvalue weighted by Gasteiger charge is -2.12. The summed E-state index contributed by atoms with van der Waals surface area (Å²) in [6.45, 7) is 0. The zero-order valence-electron chi connectivity index (χ0n) is 6.84. The highest BCUT2D eigenvalue weighted by Gasteiger charge is 2.48. The molecular formula is C8H6F4O2. The minimum absolute atomic E-state index is 0.0599. The van der Waals surface area contributed by atoms with Crippen LogP contribution in [0.4, 0.5) is 17.6 Å². The molecule has 0 atom stereocenters. The molecule has 0 N–H and O–H groups in total. The standard InChI is InChI=1S/C8H6F4O2/c9-7(10)8(11,12)6(13)4-5-2-1-3-14-5/h1-3,7H,4H2. The van der Waals surface area contributed by atoms with Crippen molar-refractivity contribution in [3.05, 3.63) is 24.2 Å². The summed E-state index contributed by atoms with van der Waals surface area (Å²) in [5, 5.41) is 0. The molecule has 1 aromatic rings. The molecule has 78 valence electrons. The maximum absolute atomic E-state index is 12.4. The van der Waals surface area contributed by atoms with E-state index in [1.165, 1.54) is 18.4 Å². The molecule has 1 aromatic heterocycles. The molecule has 14 heavy (non-hydrogen) atoms. The van der Waals surface area contributed by atoms with E-state index in [2.05, 4.69) is 4.42 Å². The average Bonchev–Trinajstić information content (AvgIpc) is 2.56. The predicted molar refractivity (Wildman–Crippen MR) is 38.4 cm³/mol. The Morgan fingerprint density at radius 3 is 2.57 bits per heavy atom. The fourth-order valence-corrected chi connectivity index (χ4v) is 0.811. The van der Waals surface area contributed by atoms with Crippen molar-refractivity contribution in [2.24, 2.45) is 0 Å². The van der Waals surface area contributed by atoms with Gasteiger partial charge in [0.1, 0.15) is 5.76 Å². The van der Waals surface area contributed by atoms with Gasteiger partial charge in [-0.3, -0.25) is 4.79 Å². The Balaban J connectivity index is 2.67. The molecule has 0 aliphatic heterocycles. The van der Waals surface area contributed by atoms with Crippen LogP contribution >= 0.6 is 0 Å². The molecule has 0 aliphatic carbocycles. The Morgan fingerprint density at radius 1 is 1.50 bits per heavy atom. The second kappa shape index (κ2) is 3.81. The van der Waals surface area contributed by atoms with E-state index >= 15 is 0 Å². The van der Waals surface area contributed by atoms with Crippen molar-refractivity contribution in [3.8, 4) is 0 Å². The first-order valence-electron chi connectivity index (χ1n) is 3.66. The second-order valence-corrected chi connectivity index (χ2v) is 2.60. The van der Waals surface area contributed by atoms with Gasteiger partial charge in [0, 0.05) is 0 Å². The normalized spacial score (nSPS) is 12.1. The SMILES string of the molecule is O=C(Cc1ccco1)C(F)(F)C(F)F. The van der Waals surface area contributed by atoms with Crippen LogP contribution in [0.15, 0.2) is 22.8 Å². The average molecular weight is 210 g/mol. The fourth-order valence-electron chi connectivity index (χ4n) is 0.811. The molecule has 0 radical (unpaired) electrons. The quantitative estimate of drug-likeness (QED) is 0.713. The van der Waals surface area contributed by atoms with Gasteiger partial charge < -0.3 is 4.42 Å². The molecule has 0 aromatic carbocycles. The first kappa shape index (κ1) is 10.7. The van der Waals surface area contributed by atoms with Crippen LogP contribution in [-0.4, -0.2) is 18.1 Å². The van der Waals surface area contributed by atoms with Gasteiger partial charge in [0.25, 0.3) is 0 Å². The third-order valence-electron chi connectivity index (χ3n) is 1.56. The summed E-state index contributed by atoms with van der Waals surface area (Å²) in [6, 6.07) is 2.64. The molecule has 1 rings (SSSR count). The molecule has 0 saturated carbocycles. The van der Waals surface area contributed by atoms with Crippen LogP contribution in [-0.2, 0) is 11.2 Å². The number of rotatable bonds is 4. The van der Waals surface area contributed by atoms with E-state index in [4.69, 9.17) is 0 Å². The topological polar surface area (TPSA) is 30.2 Å². The van der Waals surface area contributed by atoms with E-state index in [0.29, 0.717) is 0 Å². The van der Waals surface area contributed by atoms with Gasteiger partial charge in [-0.1, -0.05) is 0 Å². The van der Waals surface area contributed by atoms with Crippen molar-refractivity contribution in [3.63, 3.8) is 0 Å². The molecule has 1 heterocycles. The molecule has 0 spiro atoms. The monoisotopic (exact) mass is 210 g/mol. The molecule has 0 bridgehead atoms. The van der Waals surface area contributed by atoms with Gasteiger partial charge in [-0.05, 0) is 12.1 Å². The van der Waals surface area contributed by atoms with Crippen molar-refractivity contribution in [1.82, 2.24) is 0 Å². The summed E-state index contributed by atoms with van der Waals surface area (Å²) in [7, 11) is 0. The van der Waals surface area contributed by atoms with Crippen molar-refractivity contribution >= 4 is 5.78 Å². The Bertz CT molecular complexity index is 305. The first-order valence-corrected chi connectivity index (χ1v) is 3.66. The predicted octanol–water partition coefficient (Wildman–Crippen LogP) is 2.29. The molecule has 0 unspecified atom stereocenters. The maximum Gasteiger partial charge on any atom is 0.364 e. The molecule has 0 saturated heterocycles. The van der Waals surface area contributed by atoms with Crippen molar-refractivity contribution in [2.45, 2.75) is 18.8 Å². The van der Waals surface area contributed by atoms with E-state index in [9.17, 15) is 22.4 Å². The minimum Gasteiger partial charge on any atom is -0.469 e. The van der Waals surface area contributed by atoms with E-state index in [0.717, 1.165) is 0 Å². The van der Waals surface area contributed by atoms with E-state index in [1.54, 1.807) is 0 Å². The number of carbonyl (C=O) groups is 1. The Morgan fingerprint density at radius 2 is 2.14 bits per heavy atom. The lowest BCUT2D eigenvalue weighted by atomic mass is 10.1. The van der Waals surface area contributed by atoms with Crippen LogP contribution in [0.25, 0.3) is 0 Å². The number of ketones is 1. The van der Waals surface area contributed by atoms with Gasteiger partial charge in [0.15, 0.2) is 0 Å². The third-order valence-corrected chi connectivity index (χ3v) is 1.56. The lowest BCUT2D eigenvalue weighted by Crippen LogP contribution is -2.37. The Kier molecular flexibility index (Phi) is 2.93. The van der Waals surface area contributed by atoms with E-state index < -0.39 is 24.6 Å². The summed E-state index contributed by atoms with van der Waals surface area (Å²) >= 11 is 0. The van der Waals surface area contributed by atoms with E-state index in [1.807, 2.05) is 0 Å². The number of alkyl halides is 4. The largest absolute Gasteiger partial charge is 0.469 e. The number of Topliss-reactive ketones (excluding diaryl/α,β-unsaturated/α-hetero) is 1. The summed E-state index contributed by atoms with van der Waals surface area (Å²) in [4.78, 5) is 10.7. The minimum atomic E-state index is -4.60. The van der Waals surface area contributed by atoms with Crippen LogP contribution in [0, 0.1) is 0 Å².